The molecule has 0 spiro atoms. The zero-order valence-corrected chi connectivity index (χ0v) is 15.8. The van der Waals surface area contributed by atoms with Crippen molar-refractivity contribution in [3.8, 4) is 0 Å². The van der Waals surface area contributed by atoms with Crippen LogP contribution in [-0.2, 0) is 0 Å². The molecule has 0 aliphatic carbocycles. The molecule has 4 heteroatoms. The molecule has 124 valence electrons. The Kier molecular flexibility index (Phi) is 9.03. The van der Waals surface area contributed by atoms with Gasteiger partial charge in [-0.05, 0) is 49.9 Å². The summed E-state index contributed by atoms with van der Waals surface area (Å²) in [5.74, 6) is 0.329. The van der Waals surface area contributed by atoms with E-state index in [9.17, 15) is 9.90 Å². The predicted molar refractivity (Wildman–Crippen MR) is 99.3 cm³/mol. The number of aryl methyl sites for hydroxylation is 1. The summed E-state index contributed by atoms with van der Waals surface area (Å²) in [6.45, 7) is 8.18. The standard InChI is InChI=1S/C18H28O2S2/c1-5-6-7-8-9-10-11-21-22-17-13(2)12-16(18(19)20)14(3)15(17)4/h12H,5-11H2,1-4H3,(H,19,20). The second-order valence-corrected chi connectivity index (χ2v) is 8.22. The van der Waals surface area contributed by atoms with Crippen LogP contribution in [0, 0.1) is 20.8 Å². The normalized spacial score (nSPS) is 10.9. The molecule has 0 bridgehead atoms. The molecule has 0 heterocycles. The van der Waals surface area contributed by atoms with Gasteiger partial charge >= 0.3 is 5.97 Å². The van der Waals surface area contributed by atoms with Crippen molar-refractivity contribution in [2.24, 2.45) is 0 Å². The quantitative estimate of drug-likeness (QED) is 0.394. The molecule has 0 aromatic heterocycles. The number of unbranched alkanes of at least 4 members (excludes halogenated alkanes) is 5. The van der Waals surface area contributed by atoms with Gasteiger partial charge in [0.2, 0.25) is 0 Å². The van der Waals surface area contributed by atoms with Gasteiger partial charge in [-0.15, -0.1) is 0 Å². The van der Waals surface area contributed by atoms with E-state index in [0.717, 1.165) is 22.4 Å². The first-order chi connectivity index (χ1) is 10.5. The summed E-state index contributed by atoms with van der Waals surface area (Å²) >= 11 is 0. The third kappa shape index (κ3) is 5.88. The monoisotopic (exact) mass is 340 g/mol. The van der Waals surface area contributed by atoms with Gasteiger partial charge in [0.1, 0.15) is 0 Å². The summed E-state index contributed by atoms with van der Waals surface area (Å²) in [5, 5.41) is 9.23. The highest BCUT2D eigenvalue weighted by molar-refractivity contribution is 8.76. The maximum Gasteiger partial charge on any atom is 0.335 e. The molecule has 0 fully saturated rings. The lowest BCUT2D eigenvalue weighted by molar-refractivity contribution is 0.0696. The van der Waals surface area contributed by atoms with E-state index < -0.39 is 5.97 Å². The van der Waals surface area contributed by atoms with E-state index in [1.54, 1.807) is 16.9 Å². The molecule has 1 aromatic carbocycles. The van der Waals surface area contributed by atoms with Crippen LogP contribution >= 0.6 is 21.6 Å². The summed E-state index contributed by atoms with van der Waals surface area (Å²) in [6.07, 6.45) is 7.96. The van der Waals surface area contributed by atoms with Gasteiger partial charge in [-0.25, -0.2) is 4.79 Å². The third-order valence-corrected chi connectivity index (χ3v) is 6.70. The summed E-state index contributed by atoms with van der Waals surface area (Å²) in [5.41, 5.74) is 3.50. The summed E-state index contributed by atoms with van der Waals surface area (Å²) in [6, 6.07) is 1.80. The highest BCUT2D eigenvalue weighted by Crippen LogP contribution is 2.38. The number of carboxylic acid groups (broad SMARTS) is 1. The van der Waals surface area contributed by atoms with Crippen LogP contribution in [0.5, 0.6) is 0 Å². The number of benzene rings is 1. The topological polar surface area (TPSA) is 37.3 Å². The molecule has 0 atom stereocenters. The Hall–Kier alpha value is -0.610. The van der Waals surface area contributed by atoms with Crippen LogP contribution in [0.1, 0.15) is 72.5 Å². The lowest BCUT2D eigenvalue weighted by atomic mass is 10.00. The van der Waals surface area contributed by atoms with Crippen LogP contribution in [-0.4, -0.2) is 16.8 Å². The van der Waals surface area contributed by atoms with Crippen molar-refractivity contribution in [3.63, 3.8) is 0 Å². The van der Waals surface area contributed by atoms with E-state index in [4.69, 9.17) is 0 Å². The Morgan fingerprint density at radius 2 is 1.68 bits per heavy atom. The average Bonchev–Trinajstić information content (AvgIpc) is 2.48. The molecule has 0 saturated heterocycles. The zero-order chi connectivity index (χ0) is 16.5. The number of carbonyl (C=O) groups is 1. The van der Waals surface area contributed by atoms with E-state index >= 15 is 0 Å². The molecule has 1 rings (SSSR count). The van der Waals surface area contributed by atoms with Gasteiger partial charge in [-0.1, -0.05) is 60.6 Å². The van der Waals surface area contributed by atoms with Crippen molar-refractivity contribution in [3.05, 3.63) is 28.3 Å². The van der Waals surface area contributed by atoms with Crippen LogP contribution in [0.25, 0.3) is 0 Å². The second-order valence-electron chi connectivity index (χ2n) is 5.80. The fourth-order valence-corrected chi connectivity index (χ4v) is 5.17. The molecule has 0 amide bonds. The Morgan fingerprint density at radius 1 is 1.05 bits per heavy atom. The van der Waals surface area contributed by atoms with Crippen LogP contribution in [0.4, 0.5) is 0 Å². The lowest BCUT2D eigenvalue weighted by Gasteiger charge is -2.14. The fourth-order valence-electron chi connectivity index (χ4n) is 2.45. The molecule has 22 heavy (non-hydrogen) atoms. The van der Waals surface area contributed by atoms with E-state index in [0.29, 0.717) is 5.56 Å². The molecule has 0 radical (unpaired) electrons. The van der Waals surface area contributed by atoms with Crippen molar-refractivity contribution >= 4 is 27.6 Å². The average molecular weight is 341 g/mol. The molecule has 0 aliphatic rings. The maximum absolute atomic E-state index is 11.2. The van der Waals surface area contributed by atoms with Crippen molar-refractivity contribution in [1.82, 2.24) is 0 Å². The SMILES string of the molecule is CCCCCCCCSSc1c(C)cc(C(=O)O)c(C)c1C. The van der Waals surface area contributed by atoms with E-state index in [-0.39, 0.29) is 0 Å². The third-order valence-electron chi connectivity index (χ3n) is 3.98. The molecular formula is C18H28O2S2. The number of hydrogen-bond donors (Lipinski definition) is 1. The van der Waals surface area contributed by atoms with Gasteiger partial charge < -0.3 is 5.11 Å². The van der Waals surface area contributed by atoms with Crippen LogP contribution in [0.3, 0.4) is 0 Å². The molecule has 0 saturated carbocycles. The first-order valence-corrected chi connectivity index (χ1v) is 10.4. The number of aromatic carboxylic acids is 1. The van der Waals surface area contributed by atoms with Gasteiger partial charge in [0.25, 0.3) is 0 Å². The highest BCUT2D eigenvalue weighted by atomic mass is 33.1. The molecule has 1 aromatic rings. The molecule has 2 nitrogen and oxygen atoms in total. The van der Waals surface area contributed by atoms with Gasteiger partial charge in [0.05, 0.1) is 5.56 Å². The number of hydrogen-bond acceptors (Lipinski definition) is 3. The molecule has 0 unspecified atom stereocenters. The Bertz CT molecular complexity index is 498. The van der Waals surface area contributed by atoms with Gasteiger partial charge in [-0.2, -0.15) is 0 Å². The van der Waals surface area contributed by atoms with Gasteiger partial charge in [0.15, 0.2) is 0 Å². The zero-order valence-electron chi connectivity index (χ0n) is 14.2. The first-order valence-electron chi connectivity index (χ1n) is 8.12. The molecular weight excluding hydrogens is 312 g/mol. The number of rotatable bonds is 10. The molecule has 1 N–H and O–H groups in total. The number of carboxylic acids is 1. The van der Waals surface area contributed by atoms with Crippen LogP contribution in [0.2, 0.25) is 0 Å². The minimum Gasteiger partial charge on any atom is -0.478 e. The first kappa shape index (κ1) is 19.4. The minimum atomic E-state index is -0.833. The summed E-state index contributed by atoms with van der Waals surface area (Å²) < 4.78 is 0. The summed E-state index contributed by atoms with van der Waals surface area (Å²) in [4.78, 5) is 12.5. The van der Waals surface area contributed by atoms with Gasteiger partial charge in [-0.3, -0.25) is 0 Å². The fraction of sp³-hybridized carbons (Fsp3) is 0.611. The maximum atomic E-state index is 11.2. The van der Waals surface area contributed by atoms with E-state index in [2.05, 4.69) is 6.92 Å². The Balaban J connectivity index is 2.47. The van der Waals surface area contributed by atoms with Crippen molar-refractivity contribution < 1.29 is 9.90 Å². The van der Waals surface area contributed by atoms with Crippen LogP contribution in [0.15, 0.2) is 11.0 Å². The summed E-state index contributed by atoms with van der Waals surface area (Å²) in [7, 11) is 3.69. The smallest absolute Gasteiger partial charge is 0.335 e. The van der Waals surface area contributed by atoms with Crippen LogP contribution < -0.4 is 0 Å². The minimum absolute atomic E-state index is 0.431. The van der Waals surface area contributed by atoms with Crippen molar-refractivity contribution in [1.29, 1.82) is 0 Å². The van der Waals surface area contributed by atoms with Crippen molar-refractivity contribution in [2.45, 2.75) is 71.1 Å². The lowest BCUT2D eigenvalue weighted by Crippen LogP contribution is -2.03. The van der Waals surface area contributed by atoms with Gasteiger partial charge in [0, 0.05) is 10.6 Å². The predicted octanol–water partition coefficient (Wildman–Crippen LogP) is 6.41. The van der Waals surface area contributed by atoms with Crippen molar-refractivity contribution in [2.75, 3.05) is 5.75 Å². The largest absolute Gasteiger partial charge is 0.478 e. The Labute approximate surface area is 142 Å². The molecule has 0 aliphatic heterocycles. The van der Waals surface area contributed by atoms with E-state index in [1.807, 2.05) is 31.6 Å². The van der Waals surface area contributed by atoms with E-state index in [1.165, 1.54) is 43.4 Å². The highest BCUT2D eigenvalue weighted by Gasteiger charge is 2.15. The second kappa shape index (κ2) is 10.2. The Morgan fingerprint density at radius 3 is 2.32 bits per heavy atom.